The average molecular weight is 318 g/mol. The molecule has 0 unspecified atom stereocenters. The minimum Gasteiger partial charge on any atom is -0.326 e. The molecule has 23 heavy (non-hydrogen) atoms. The fourth-order valence-electron chi connectivity index (χ4n) is 2.24. The van der Waals surface area contributed by atoms with E-state index in [0.29, 0.717) is 12.0 Å². The van der Waals surface area contributed by atoms with Crippen LogP contribution in [0.2, 0.25) is 0 Å². The molecule has 2 aromatic rings. The second-order valence-corrected chi connectivity index (χ2v) is 5.73. The number of anilines is 1. The number of hydrogen-bond donors (Lipinski definition) is 1. The molecule has 0 saturated carbocycles. The molecule has 5 heteroatoms. The molecule has 0 spiro atoms. The summed E-state index contributed by atoms with van der Waals surface area (Å²) in [5, 5.41) is 2.80. The quantitative estimate of drug-likeness (QED) is 0.882. The van der Waals surface area contributed by atoms with Crippen LogP contribution in [-0.4, -0.2) is 24.9 Å². The van der Waals surface area contributed by atoms with Crippen LogP contribution in [0, 0.1) is 11.6 Å². The van der Waals surface area contributed by atoms with Crippen molar-refractivity contribution in [3.63, 3.8) is 0 Å². The van der Waals surface area contributed by atoms with Crippen LogP contribution in [0.1, 0.15) is 17.5 Å². The maximum atomic E-state index is 13.1. The number of carbonyl (C=O) groups excluding carboxylic acids is 1. The van der Waals surface area contributed by atoms with Crippen molar-refractivity contribution >= 4 is 11.6 Å². The van der Waals surface area contributed by atoms with Gasteiger partial charge in [0.2, 0.25) is 5.91 Å². The Kier molecular flexibility index (Phi) is 5.82. The van der Waals surface area contributed by atoms with Crippen LogP contribution in [0.3, 0.4) is 0 Å². The predicted molar refractivity (Wildman–Crippen MR) is 87.1 cm³/mol. The third-order valence-electron chi connectivity index (χ3n) is 3.36. The topological polar surface area (TPSA) is 32.3 Å². The molecular formula is C18H20F2N2O. The van der Waals surface area contributed by atoms with Gasteiger partial charge in [0, 0.05) is 18.7 Å². The van der Waals surface area contributed by atoms with E-state index in [1.165, 1.54) is 6.07 Å². The fraction of sp³-hybridized carbons (Fsp3) is 0.278. The molecule has 1 N–H and O–H groups in total. The van der Waals surface area contributed by atoms with Crippen molar-refractivity contribution < 1.29 is 13.6 Å². The first-order valence-corrected chi connectivity index (χ1v) is 7.41. The van der Waals surface area contributed by atoms with Gasteiger partial charge in [0.05, 0.1) is 0 Å². The summed E-state index contributed by atoms with van der Waals surface area (Å²) < 4.78 is 25.9. The molecule has 0 bridgehead atoms. The van der Waals surface area contributed by atoms with Gasteiger partial charge in [-0.25, -0.2) is 8.78 Å². The van der Waals surface area contributed by atoms with Crippen molar-refractivity contribution in [2.75, 3.05) is 19.4 Å². The van der Waals surface area contributed by atoms with Crippen molar-refractivity contribution in [3.8, 4) is 0 Å². The first kappa shape index (κ1) is 17.1. The van der Waals surface area contributed by atoms with E-state index >= 15 is 0 Å². The molecule has 2 rings (SSSR count). The summed E-state index contributed by atoms with van der Waals surface area (Å²) >= 11 is 0. The Bertz CT molecular complexity index is 669. The number of carbonyl (C=O) groups is 1. The fourth-order valence-corrected chi connectivity index (χ4v) is 2.24. The molecule has 0 atom stereocenters. The van der Waals surface area contributed by atoms with Crippen molar-refractivity contribution in [2.45, 2.75) is 19.4 Å². The Morgan fingerprint density at radius 3 is 2.26 bits per heavy atom. The summed E-state index contributed by atoms with van der Waals surface area (Å²) in [5.74, 6) is -1.93. The van der Waals surface area contributed by atoms with Gasteiger partial charge in [0.25, 0.3) is 0 Å². The van der Waals surface area contributed by atoms with E-state index in [2.05, 4.69) is 10.2 Å². The summed E-state index contributed by atoms with van der Waals surface area (Å²) in [5.41, 5.74) is 2.48. The summed E-state index contributed by atoms with van der Waals surface area (Å²) in [6.45, 7) is 0.838. The van der Waals surface area contributed by atoms with Crippen molar-refractivity contribution in [1.82, 2.24) is 4.90 Å². The van der Waals surface area contributed by atoms with Gasteiger partial charge in [-0.05, 0) is 55.9 Å². The normalized spacial score (nSPS) is 10.8. The lowest BCUT2D eigenvalue weighted by Gasteiger charge is -2.10. The van der Waals surface area contributed by atoms with Gasteiger partial charge < -0.3 is 10.2 Å². The lowest BCUT2D eigenvalue weighted by molar-refractivity contribution is -0.116. The number of nitrogens with one attached hydrogen (secondary N) is 1. The highest BCUT2D eigenvalue weighted by Gasteiger charge is 2.06. The van der Waals surface area contributed by atoms with Gasteiger partial charge >= 0.3 is 0 Å². The van der Waals surface area contributed by atoms with E-state index in [-0.39, 0.29) is 12.3 Å². The standard InChI is InChI=1S/C18H20F2N2O/c1-22(2)12-14-3-7-15(8-4-14)21-18(23)10-6-13-5-9-16(19)17(20)11-13/h3-5,7-9,11H,6,10,12H2,1-2H3,(H,21,23). The van der Waals surface area contributed by atoms with E-state index in [1.54, 1.807) is 0 Å². The lowest BCUT2D eigenvalue weighted by atomic mass is 10.1. The minimum atomic E-state index is -0.889. The average Bonchev–Trinajstić information content (AvgIpc) is 2.50. The largest absolute Gasteiger partial charge is 0.326 e. The monoisotopic (exact) mass is 318 g/mol. The molecule has 0 radical (unpaired) electrons. The Hall–Kier alpha value is -2.27. The van der Waals surface area contributed by atoms with Gasteiger partial charge in [-0.1, -0.05) is 18.2 Å². The van der Waals surface area contributed by atoms with E-state index < -0.39 is 11.6 Å². The summed E-state index contributed by atoms with van der Waals surface area (Å²) in [7, 11) is 3.99. The zero-order valence-electron chi connectivity index (χ0n) is 13.3. The molecule has 0 aliphatic heterocycles. The molecule has 0 aliphatic carbocycles. The highest BCUT2D eigenvalue weighted by Crippen LogP contribution is 2.13. The number of nitrogens with zero attached hydrogens (tertiary/aromatic N) is 1. The zero-order valence-corrected chi connectivity index (χ0v) is 13.3. The van der Waals surface area contributed by atoms with Gasteiger partial charge in [-0.15, -0.1) is 0 Å². The second kappa shape index (κ2) is 7.83. The SMILES string of the molecule is CN(C)Cc1ccc(NC(=O)CCc2ccc(F)c(F)c2)cc1. The number of halogens is 2. The summed E-state index contributed by atoms with van der Waals surface area (Å²) in [4.78, 5) is 14.0. The van der Waals surface area contributed by atoms with Gasteiger partial charge in [-0.2, -0.15) is 0 Å². The van der Waals surface area contributed by atoms with Gasteiger partial charge in [0.1, 0.15) is 0 Å². The summed E-state index contributed by atoms with van der Waals surface area (Å²) in [6.07, 6.45) is 0.576. The first-order chi connectivity index (χ1) is 10.9. The Balaban J connectivity index is 1.85. The number of aryl methyl sites for hydroxylation is 1. The summed E-state index contributed by atoms with van der Waals surface area (Å²) in [6, 6.07) is 11.3. The molecular weight excluding hydrogens is 298 g/mol. The van der Waals surface area contributed by atoms with Crippen LogP contribution in [0.4, 0.5) is 14.5 Å². The van der Waals surface area contributed by atoms with Crippen molar-refractivity contribution in [2.24, 2.45) is 0 Å². The molecule has 0 aliphatic rings. The molecule has 2 aromatic carbocycles. The van der Waals surface area contributed by atoms with Crippen molar-refractivity contribution in [3.05, 3.63) is 65.2 Å². The lowest BCUT2D eigenvalue weighted by Crippen LogP contribution is -2.13. The molecule has 0 aromatic heterocycles. The molecule has 3 nitrogen and oxygen atoms in total. The minimum absolute atomic E-state index is 0.157. The second-order valence-electron chi connectivity index (χ2n) is 5.73. The molecule has 1 amide bonds. The van der Waals surface area contributed by atoms with Crippen molar-refractivity contribution in [1.29, 1.82) is 0 Å². The first-order valence-electron chi connectivity index (χ1n) is 7.41. The third-order valence-corrected chi connectivity index (χ3v) is 3.36. The maximum absolute atomic E-state index is 13.1. The van der Waals surface area contributed by atoms with Crippen LogP contribution < -0.4 is 5.32 Å². The zero-order chi connectivity index (χ0) is 16.8. The van der Waals surface area contributed by atoms with E-state index in [9.17, 15) is 13.6 Å². The van der Waals surface area contributed by atoms with E-state index in [0.717, 1.165) is 29.9 Å². The molecule has 0 heterocycles. The van der Waals surface area contributed by atoms with Crippen LogP contribution in [-0.2, 0) is 17.8 Å². The Labute approximate surface area is 134 Å². The van der Waals surface area contributed by atoms with Crippen LogP contribution in [0.5, 0.6) is 0 Å². The number of benzene rings is 2. The highest BCUT2D eigenvalue weighted by molar-refractivity contribution is 5.90. The maximum Gasteiger partial charge on any atom is 0.224 e. The number of amides is 1. The molecule has 0 saturated heterocycles. The van der Waals surface area contributed by atoms with Gasteiger partial charge in [-0.3, -0.25) is 4.79 Å². The Morgan fingerprint density at radius 2 is 1.65 bits per heavy atom. The van der Waals surface area contributed by atoms with Crippen LogP contribution >= 0.6 is 0 Å². The smallest absolute Gasteiger partial charge is 0.224 e. The number of hydrogen-bond acceptors (Lipinski definition) is 2. The number of rotatable bonds is 6. The van der Waals surface area contributed by atoms with Crippen LogP contribution in [0.25, 0.3) is 0 Å². The molecule has 0 fully saturated rings. The van der Waals surface area contributed by atoms with Gasteiger partial charge in [0.15, 0.2) is 11.6 Å². The molecule has 122 valence electrons. The van der Waals surface area contributed by atoms with E-state index in [1.807, 2.05) is 38.4 Å². The predicted octanol–water partition coefficient (Wildman–Crippen LogP) is 3.60. The third kappa shape index (κ3) is 5.45. The van der Waals surface area contributed by atoms with E-state index in [4.69, 9.17) is 0 Å². The van der Waals surface area contributed by atoms with Crippen LogP contribution in [0.15, 0.2) is 42.5 Å². The highest BCUT2D eigenvalue weighted by atomic mass is 19.2. The Morgan fingerprint density at radius 1 is 1.00 bits per heavy atom.